The fourth-order valence-corrected chi connectivity index (χ4v) is 6.60. The maximum Gasteiger partial charge on any atom is 0.243 e. The van der Waals surface area contributed by atoms with Gasteiger partial charge in [0, 0.05) is 51.2 Å². The monoisotopic (exact) mass is 497 g/mol. The first-order valence-corrected chi connectivity index (χ1v) is 13.5. The lowest BCUT2D eigenvalue weighted by molar-refractivity contribution is -0.117. The third-order valence-electron chi connectivity index (χ3n) is 6.78. The van der Waals surface area contributed by atoms with Gasteiger partial charge >= 0.3 is 0 Å². The first kappa shape index (κ1) is 23.7. The zero-order valence-corrected chi connectivity index (χ0v) is 20.7. The zero-order chi connectivity index (χ0) is 24.4. The molecule has 0 bridgehead atoms. The van der Waals surface area contributed by atoms with Crippen molar-refractivity contribution in [2.75, 3.05) is 56.0 Å². The molecule has 3 aromatic rings. The molecular formula is C24H31N7O3S. The summed E-state index contributed by atoms with van der Waals surface area (Å²) >= 11 is 0. The van der Waals surface area contributed by atoms with Gasteiger partial charge in [-0.15, -0.1) is 0 Å². The van der Waals surface area contributed by atoms with Crippen LogP contribution in [0.4, 0.5) is 11.5 Å². The third-order valence-corrected chi connectivity index (χ3v) is 8.82. The predicted octanol–water partition coefficient (Wildman–Crippen LogP) is 2.20. The lowest BCUT2D eigenvalue weighted by atomic mass is 10.2. The molecule has 0 unspecified atom stereocenters. The summed E-state index contributed by atoms with van der Waals surface area (Å²) in [4.78, 5) is 29.2. The second-order valence-corrected chi connectivity index (χ2v) is 11.1. The van der Waals surface area contributed by atoms with Crippen LogP contribution in [0.15, 0.2) is 41.7 Å². The van der Waals surface area contributed by atoms with Crippen molar-refractivity contribution in [2.24, 2.45) is 0 Å². The van der Waals surface area contributed by atoms with Crippen molar-refractivity contribution in [1.82, 2.24) is 24.2 Å². The zero-order valence-electron chi connectivity index (χ0n) is 19.9. The van der Waals surface area contributed by atoms with Crippen LogP contribution in [0.5, 0.6) is 0 Å². The number of aromatic amines is 1. The number of piperidine rings is 1. The molecule has 186 valence electrons. The van der Waals surface area contributed by atoms with E-state index in [1.807, 2.05) is 12.3 Å². The van der Waals surface area contributed by atoms with E-state index in [1.54, 1.807) is 35.8 Å². The Bertz CT molecular complexity index is 1310. The number of amides is 1. The van der Waals surface area contributed by atoms with Gasteiger partial charge in [0.05, 0.1) is 16.8 Å². The normalized spacial score (nSPS) is 18.1. The van der Waals surface area contributed by atoms with Crippen molar-refractivity contribution in [3.63, 3.8) is 0 Å². The molecule has 0 saturated carbocycles. The van der Waals surface area contributed by atoms with Gasteiger partial charge in [-0.05, 0) is 43.5 Å². The third kappa shape index (κ3) is 5.02. The highest BCUT2D eigenvalue weighted by atomic mass is 32.2. The molecule has 2 aliphatic heterocycles. The molecule has 2 N–H and O–H groups in total. The molecule has 2 saturated heterocycles. The van der Waals surface area contributed by atoms with Gasteiger partial charge < -0.3 is 15.2 Å². The van der Waals surface area contributed by atoms with E-state index in [9.17, 15) is 13.2 Å². The number of hydrogen-bond acceptors (Lipinski definition) is 7. The molecular weight excluding hydrogens is 466 g/mol. The van der Waals surface area contributed by atoms with Crippen LogP contribution in [0.3, 0.4) is 0 Å². The van der Waals surface area contributed by atoms with Crippen molar-refractivity contribution in [3.05, 3.63) is 42.4 Å². The van der Waals surface area contributed by atoms with Crippen molar-refractivity contribution in [1.29, 1.82) is 0 Å². The SMILES string of the molecule is Cc1ccc(NC(=O)CN2CCN(c3ncnc4[nH]ccc34)CC2)cc1S(=O)(=O)N1CCCCC1. The lowest BCUT2D eigenvalue weighted by Gasteiger charge is -2.35. The van der Waals surface area contributed by atoms with Gasteiger partial charge in [-0.1, -0.05) is 12.5 Å². The summed E-state index contributed by atoms with van der Waals surface area (Å²) in [6.07, 6.45) is 6.25. The minimum Gasteiger partial charge on any atom is -0.353 e. The number of rotatable bonds is 6. The minimum atomic E-state index is -3.57. The van der Waals surface area contributed by atoms with Crippen LogP contribution in [0.1, 0.15) is 24.8 Å². The van der Waals surface area contributed by atoms with Gasteiger partial charge in [-0.2, -0.15) is 4.31 Å². The molecule has 11 heteroatoms. The Labute approximate surface area is 205 Å². The van der Waals surface area contributed by atoms with Gasteiger partial charge in [0.1, 0.15) is 17.8 Å². The summed E-state index contributed by atoms with van der Waals surface area (Å²) in [5, 5.41) is 3.89. The Kier molecular flexibility index (Phi) is 6.72. The first-order chi connectivity index (χ1) is 16.9. The van der Waals surface area contributed by atoms with E-state index in [2.05, 4.69) is 30.1 Å². The Morgan fingerprint density at radius 3 is 2.57 bits per heavy atom. The molecule has 2 fully saturated rings. The van der Waals surface area contributed by atoms with E-state index in [-0.39, 0.29) is 17.3 Å². The van der Waals surface area contributed by atoms with E-state index in [4.69, 9.17) is 0 Å². The fraction of sp³-hybridized carbons (Fsp3) is 0.458. The average molecular weight is 498 g/mol. The van der Waals surface area contributed by atoms with Crippen LogP contribution >= 0.6 is 0 Å². The smallest absolute Gasteiger partial charge is 0.243 e. The molecule has 35 heavy (non-hydrogen) atoms. The van der Waals surface area contributed by atoms with Crippen LogP contribution in [0.25, 0.3) is 11.0 Å². The van der Waals surface area contributed by atoms with Crippen LogP contribution in [0.2, 0.25) is 0 Å². The summed E-state index contributed by atoms with van der Waals surface area (Å²) in [7, 11) is -3.57. The summed E-state index contributed by atoms with van der Waals surface area (Å²) in [5.41, 5.74) is 2.01. The van der Waals surface area contributed by atoms with Crippen LogP contribution in [0, 0.1) is 6.92 Å². The molecule has 2 aliphatic rings. The number of anilines is 2. The highest BCUT2D eigenvalue weighted by Crippen LogP contribution is 2.26. The predicted molar refractivity (Wildman–Crippen MR) is 135 cm³/mol. The summed E-state index contributed by atoms with van der Waals surface area (Å²) in [5.74, 6) is 0.751. The van der Waals surface area contributed by atoms with Gasteiger partial charge in [-0.25, -0.2) is 18.4 Å². The minimum absolute atomic E-state index is 0.154. The molecule has 0 aliphatic carbocycles. The van der Waals surface area contributed by atoms with Crippen LogP contribution < -0.4 is 10.2 Å². The molecule has 1 aromatic carbocycles. The average Bonchev–Trinajstić information content (AvgIpc) is 3.35. The summed E-state index contributed by atoms with van der Waals surface area (Å²) < 4.78 is 27.9. The number of nitrogens with one attached hydrogen (secondary N) is 2. The molecule has 0 radical (unpaired) electrons. The highest BCUT2D eigenvalue weighted by molar-refractivity contribution is 7.89. The number of aryl methyl sites for hydroxylation is 1. The molecule has 2 aromatic heterocycles. The number of benzene rings is 1. The van der Waals surface area contributed by atoms with Crippen LogP contribution in [-0.4, -0.2) is 84.3 Å². The maximum absolute atomic E-state index is 13.2. The largest absolute Gasteiger partial charge is 0.353 e. The van der Waals surface area contributed by atoms with E-state index in [0.717, 1.165) is 62.3 Å². The number of nitrogens with zero attached hydrogens (tertiary/aromatic N) is 5. The molecule has 5 rings (SSSR count). The molecule has 0 spiro atoms. The highest BCUT2D eigenvalue weighted by Gasteiger charge is 2.28. The van der Waals surface area contributed by atoms with Gasteiger partial charge in [0.15, 0.2) is 0 Å². The molecule has 4 heterocycles. The van der Waals surface area contributed by atoms with Gasteiger partial charge in [-0.3, -0.25) is 9.69 Å². The summed E-state index contributed by atoms with van der Waals surface area (Å²) in [6.45, 7) is 6.11. The first-order valence-electron chi connectivity index (χ1n) is 12.1. The second kappa shape index (κ2) is 9.92. The maximum atomic E-state index is 13.2. The Morgan fingerprint density at radius 2 is 1.80 bits per heavy atom. The second-order valence-electron chi connectivity index (χ2n) is 9.19. The number of sulfonamides is 1. The van der Waals surface area contributed by atoms with Crippen molar-refractivity contribution >= 4 is 38.5 Å². The number of piperazine rings is 1. The van der Waals surface area contributed by atoms with E-state index >= 15 is 0 Å². The Morgan fingerprint density at radius 1 is 1.03 bits per heavy atom. The van der Waals surface area contributed by atoms with Crippen molar-refractivity contribution in [2.45, 2.75) is 31.1 Å². The van der Waals surface area contributed by atoms with Crippen molar-refractivity contribution < 1.29 is 13.2 Å². The summed E-state index contributed by atoms with van der Waals surface area (Å²) in [6, 6.07) is 7.09. The standard InChI is InChI=1S/C24H31N7O3S/c1-18-5-6-19(15-21(18)35(33,34)31-9-3-2-4-10-31)28-22(32)16-29-11-13-30(14-12-29)24-20-7-8-25-23(20)26-17-27-24/h5-8,15,17H,2-4,9-14,16H2,1H3,(H,28,32)(H,25,26,27). The Balaban J connectivity index is 1.19. The van der Waals surface area contributed by atoms with Crippen LogP contribution in [-0.2, 0) is 14.8 Å². The van der Waals surface area contributed by atoms with E-state index in [1.165, 1.54) is 0 Å². The number of carbonyl (C=O) groups excluding carboxylic acids is 1. The van der Waals surface area contributed by atoms with Gasteiger partial charge in [0.25, 0.3) is 0 Å². The molecule has 0 atom stereocenters. The molecule has 10 nitrogen and oxygen atoms in total. The Hall–Kier alpha value is -3.02. The fourth-order valence-electron chi connectivity index (χ4n) is 4.83. The number of H-pyrrole nitrogens is 1. The number of fused-ring (bicyclic) bond motifs is 1. The number of hydrogen-bond donors (Lipinski definition) is 2. The molecule has 1 amide bonds. The number of carbonyl (C=O) groups is 1. The topological polar surface area (TPSA) is 115 Å². The van der Waals surface area contributed by atoms with E-state index < -0.39 is 10.0 Å². The van der Waals surface area contributed by atoms with E-state index in [0.29, 0.717) is 24.3 Å². The van der Waals surface area contributed by atoms with Gasteiger partial charge in [0.2, 0.25) is 15.9 Å². The van der Waals surface area contributed by atoms with Crippen molar-refractivity contribution in [3.8, 4) is 0 Å². The quantitative estimate of drug-likeness (QED) is 0.537. The number of aromatic nitrogens is 3. The lowest BCUT2D eigenvalue weighted by Crippen LogP contribution is -2.49.